The first-order chi connectivity index (χ1) is 8.23. The van der Waals surface area contributed by atoms with Gasteiger partial charge in [0.25, 0.3) is 0 Å². The third-order valence-corrected chi connectivity index (χ3v) is 4.04. The summed E-state index contributed by atoms with van der Waals surface area (Å²) in [7, 11) is 1.72. The Labute approximate surface area is 106 Å². The minimum atomic E-state index is -0.279. The number of rotatable bonds is 5. The maximum absolute atomic E-state index is 12.0. The Morgan fingerprint density at radius 1 is 1.35 bits per heavy atom. The van der Waals surface area contributed by atoms with Crippen molar-refractivity contribution in [2.45, 2.75) is 30.1 Å². The molecule has 1 aromatic carbocycles. The topological polar surface area (TPSA) is 41.1 Å². The van der Waals surface area contributed by atoms with Crippen LogP contribution < -0.4 is 10.9 Å². The molecule has 1 aliphatic rings. The van der Waals surface area contributed by atoms with Gasteiger partial charge >= 0.3 is 0 Å². The molecule has 1 aromatic rings. The molecule has 0 aliphatic heterocycles. The van der Waals surface area contributed by atoms with Crippen LogP contribution in [0.5, 0.6) is 0 Å². The SMILES string of the molecule is CCSc1ccc(C2(C(=O)NNC)CC2)cc1. The number of nitrogens with one attached hydrogen (secondary N) is 2. The molecule has 92 valence electrons. The number of benzene rings is 1. The van der Waals surface area contributed by atoms with Crippen LogP contribution in [0.25, 0.3) is 0 Å². The van der Waals surface area contributed by atoms with Gasteiger partial charge in [0.05, 0.1) is 5.41 Å². The van der Waals surface area contributed by atoms with E-state index in [-0.39, 0.29) is 11.3 Å². The second-order valence-corrected chi connectivity index (χ2v) is 5.58. The summed E-state index contributed by atoms with van der Waals surface area (Å²) >= 11 is 1.82. The lowest BCUT2D eigenvalue weighted by atomic mass is 9.95. The average molecular weight is 250 g/mol. The largest absolute Gasteiger partial charge is 0.291 e. The van der Waals surface area contributed by atoms with E-state index in [9.17, 15) is 4.79 Å². The number of carbonyl (C=O) groups excluding carboxylic acids is 1. The van der Waals surface area contributed by atoms with Crippen molar-refractivity contribution >= 4 is 17.7 Å². The molecule has 1 aliphatic carbocycles. The standard InChI is InChI=1S/C13H18N2OS/c1-3-17-11-6-4-10(5-7-11)13(8-9-13)12(16)15-14-2/h4-7,14H,3,8-9H2,1-2H3,(H,15,16). The zero-order valence-corrected chi connectivity index (χ0v) is 11.1. The van der Waals surface area contributed by atoms with E-state index < -0.39 is 0 Å². The van der Waals surface area contributed by atoms with Crippen molar-refractivity contribution in [2.24, 2.45) is 0 Å². The van der Waals surface area contributed by atoms with Gasteiger partial charge < -0.3 is 0 Å². The van der Waals surface area contributed by atoms with E-state index >= 15 is 0 Å². The first-order valence-electron chi connectivity index (χ1n) is 5.93. The van der Waals surface area contributed by atoms with Crippen LogP contribution in [-0.4, -0.2) is 18.7 Å². The maximum Gasteiger partial charge on any atom is 0.244 e. The number of hydrogen-bond donors (Lipinski definition) is 2. The van der Waals surface area contributed by atoms with E-state index in [1.807, 2.05) is 11.8 Å². The number of carbonyl (C=O) groups is 1. The number of hydrazine groups is 1. The van der Waals surface area contributed by atoms with Gasteiger partial charge in [0.15, 0.2) is 0 Å². The highest BCUT2D eigenvalue weighted by molar-refractivity contribution is 7.99. The van der Waals surface area contributed by atoms with Crippen molar-refractivity contribution in [3.63, 3.8) is 0 Å². The van der Waals surface area contributed by atoms with E-state index in [1.54, 1.807) is 7.05 Å². The van der Waals surface area contributed by atoms with Gasteiger partial charge in [-0.25, -0.2) is 5.43 Å². The zero-order chi connectivity index (χ0) is 12.3. The Hall–Kier alpha value is -1.00. The number of amides is 1. The molecule has 0 atom stereocenters. The van der Waals surface area contributed by atoms with Crippen LogP contribution in [0.15, 0.2) is 29.2 Å². The lowest BCUT2D eigenvalue weighted by Crippen LogP contribution is -2.41. The molecule has 0 saturated heterocycles. The maximum atomic E-state index is 12.0. The van der Waals surface area contributed by atoms with Gasteiger partial charge in [0.2, 0.25) is 5.91 Å². The molecule has 1 saturated carbocycles. The summed E-state index contributed by atoms with van der Waals surface area (Å²) < 4.78 is 0. The normalized spacial score (nSPS) is 16.6. The minimum absolute atomic E-state index is 0.0795. The molecule has 0 bridgehead atoms. The summed E-state index contributed by atoms with van der Waals surface area (Å²) in [6.45, 7) is 2.14. The molecule has 0 radical (unpaired) electrons. The van der Waals surface area contributed by atoms with Crippen molar-refractivity contribution in [3.8, 4) is 0 Å². The van der Waals surface area contributed by atoms with Crippen LogP contribution in [0.3, 0.4) is 0 Å². The van der Waals surface area contributed by atoms with E-state index in [0.29, 0.717) is 0 Å². The Kier molecular flexibility index (Phi) is 3.74. The first-order valence-corrected chi connectivity index (χ1v) is 6.92. The molecule has 2 rings (SSSR count). The predicted molar refractivity (Wildman–Crippen MR) is 71.0 cm³/mol. The molecule has 0 unspecified atom stereocenters. The smallest absolute Gasteiger partial charge is 0.244 e. The summed E-state index contributed by atoms with van der Waals surface area (Å²) in [4.78, 5) is 13.2. The molecule has 17 heavy (non-hydrogen) atoms. The lowest BCUT2D eigenvalue weighted by molar-refractivity contribution is -0.124. The van der Waals surface area contributed by atoms with Crippen LogP contribution in [0.2, 0.25) is 0 Å². The summed E-state index contributed by atoms with van der Waals surface area (Å²) in [6.07, 6.45) is 1.89. The van der Waals surface area contributed by atoms with Crippen LogP contribution in [0, 0.1) is 0 Å². The Morgan fingerprint density at radius 3 is 2.47 bits per heavy atom. The van der Waals surface area contributed by atoms with Gasteiger partial charge in [-0.1, -0.05) is 19.1 Å². The van der Waals surface area contributed by atoms with Crippen LogP contribution in [0.4, 0.5) is 0 Å². The fraction of sp³-hybridized carbons (Fsp3) is 0.462. The Balaban J connectivity index is 2.14. The lowest BCUT2D eigenvalue weighted by Gasteiger charge is -2.15. The molecular formula is C13H18N2OS. The molecular weight excluding hydrogens is 232 g/mol. The molecule has 3 nitrogen and oxygen atoms in total. The van der Waals surface area contributed by atoms with Gasteiger partial charge in [-0.05, 0) is 36.3 Å². The predicted octanol–water partition coefficient (Wildman–Crippen LogP) is 2.08. The van der Waals surface area contributed by atoms with E-state index in [2.05, 4.69) is 42.0 Å². The van der Waals surface area contributed by atoms with Crippen molar-refractivity contribution in [1.82, 2.24) is 10.9 Å². The summed E-state index contributed by atoms with van der Waals surface area (Å²) in [5, 5.41) is 0. The van der Waals surface area contributed by atoms with Gasteiger partial charge in [0.1, 0.15) is 0 Å². The molecule has 2 N–H and O–H groups in total. The number of hydrogen-bond acceptors (Lipinski definition) is 3. The van der Waals surface area contributed by atoms with E-state index in [4.69, 9.17) is 0 Å². The highest BCUT2D eigenvalue weighted by Gasteiger charge is 2.51. The third-order valence-electron chi connectivity index (χ3n) is 3.14. The Morgan fingerprint density at radius 2 is 2.00 bits per heavy atom. The fourth-order valence-electron chi connectivity index (χ4n) is 2.04. The van der Waals surface area contributed by atoms with Gasteiger partial charge in [-0.2, -0.15) is 0 Å². The molecule has 1 amide bonds. The second-order valence-electron chi connectivity index (χ2n) is 4.24. The van der Waals surface area contributed by atoms with Crippen molar-refractivity contribution in [2.75, 3.05) is 12.8 Å². The molecule has 0 aromatic heterocycles. The highest BCUT2D eigenvalue weighted by Crippen LogP contribution is 2.48. The van der Waals surface area contributed by atoms with E-state index in [1.165, 1.54) is 4.90 Å². The van der Waals surface area contributed by atoms with Crippen molar-refractivity contribution in [1.29, 1.82) is 0 Å². The summed E-state index contributed by atoms with van der Waals surface area (Å²) in [6, 6.07) is 8.38. The monoisotopic (exact) mass is 250 g/mol. The molecule has 1 fully saturated rings. The van der Waals surface area contributed by atoms with Gasteiger partial charge in [0, 0.05) is 11.9 Å². The quantitative estimate of drug-likeness (QED) is 0.621. The molecule has 0 heterocycles. The van der Waals surface area contributed by atoms with Crippen molar-refractivity contribution in [3.05, 3.63) is 29.8 Å². The second kappa shape index (κ2) is 5.10. The average Bonchev–Trinajstić information content (AvgIpc) is 3.12. The van der Waals surface area contributed by atoms with Crippen LogP contribution >= 0.6 is 11.8 Å². The first kappa shape index (κ1) is 12.5. The van der Waals surface area contributed by atoms with Gasteiger partial charge in [-0.3, -0.25) is 10.2 Å². The zero-order valence-electron chi connectivity index (χ0n) is 10.2. The van der Waals surface area contributed by atoms with Crippen LogP contribution in [0.1, 0.15) is 25.3 Å². The van der Waals surface area contributed by atoms with E-state index in [0.717, 1.165) is 24.2 Å². The summed E-state index contributed by atoms with van der Waals surface area (Å²) in [5.41, 5.74) is 6.25. The van der Waals surface area contributed by atoms with Gasteiger partial charge in [-0.15, -0.1) is 11.8 Å². The molecule has 0 spiro atoms. The molecule has 4 heteroatoms. The minimum Gasteiger partial charge on any atom is -0.291 e. The third kappa shape index (κ3) is 2.48. The number of thioether (sulfide) groups is 1. The highest BCUT2D eigenvalue weighted by atomic mass is 32.2. The van der Waals surface area contributed by atoms with Crippen molar-refractivity contribution < 1.29 is 4.79 Å². The Bertz CT molecular complexity index is 398. The van der Waals surface area contributed by atoms with Crippen LogP contribution in [-0.2, 0) is 10.2 Å². The summed E-state index contributed by atoms with van der Waals surface area (Å²) in [5.74, 6) is 1.15. The fourth-order valence-corrected chi connectivity index (χ4v) is 2.70.